The molecule has 0 radical (unpaired) electrons. The van der Waals surface area contributed by atoms with Crippen LogP contribution in [0.15, 0.2) is 15.0 Å². The fourth-order valence-corrected chi connectivity index (χ4v) is 2.30. The molecule has 92 valence electrons. The Kier molecular flexibility index (Phi) is 2.20. The smallest absolute Gasteiger partial charge is 0.329 e. The predicted octanol–water partition coefficient (Wildman–Crippen LogP) is 0.382. The van der Waals surface area contributed by atoms with Gasteiger partial charge in [0.25, 0.3) is 5.56 Å². The first kappa shape index (κ1) is 10.9. The maximum atomic E-state index is 11.6. The molecule has 2 N–H and O–H groups in total. The molecule has 0 bridgehead atoms. The Labute approximate surface area is 104 Å². The zero-order valence-electron chi connectivity index (χ0n) is 9.64. The Morgan fingerprint density at radius 3 is 2.72 bits per heavy atom. The molecule has 0 atom stereocenters. The highest BCUT2D eigenvalue weighted by Crippen LogP contribution is 2.19. The molecule has 3 aromatic rings. The van der Waals surface area contributed by atoms with E-state index in [1.807, 2.05) is 12.3 Å². The number of imidazole rings is 1. The van der Waals surface area contributed by atoms with E-state index >= 15 is 0 Å². The molecular formula is C10H9N5O2S. The molecule has 8 heteroatoms. The maximum Gasteiger partial charge on any atom is 0.329 e. The summed E-state index contributed by atoms with van der Waals surface area (Å²) in [5, 5.41) is 2.76. The number of aryl methyl sites for hydroxylation is 2. The maximum absolute atomic E-state index is 11.6. The van der Waals surface area contributed by atoms with Crippen molar-refractivity contribution >= 4 is 22.5 Å². The van der Waals surface area contributed by atoms with Gasteiger partial charge in [0.15, 0.2) is 11.5 Å². The predicted molar refractivity (Wildman–Crippen MR) is 67.8 cm³/mol. The number of hydrogen-bond donors (Lipinski definition) is 2. The Balaban J connectivity index is 2.35. The third-order valence-corrected chi connectivity index (χ3v) is 3.39. The molecule has 3 heterocycles. The average Bonchev–Trinajstić information content (AvgIpc) is 2.92. The molecule has 0 saturated heterocycles. The van der Waals surface area contributed by atoms with E-state index in [9.17, 15) is 9.59 Å². The Morgan fingerprint density at radius 2 is 2.06 bits per heavy atom. The Hall–Kier alpha value is -2.22. The van der Waals surface area contributed by atoms with Gasteiger partial charge < -0.3 is 4.98 Å². The highest BCUT2D eigenvalue weighted by atomic mass is 32.1. The van der Waals surface area contributed by atoms with Crippen LogP contribution >= 0.6 is 11.3 Å². The lowest BCUT2D eigenvalue weighted by molar-refractivity contribution is 0.832. The molecule has 0 saturated carbocycles. The standard InChI is InChI=1S/C10H9N5O2S/c1-4-11-5(3-18-4)7-12-6-8(13-7)15(2)10(17)14-9(6)16/h3H,1-2H3,(H,12,13)(H,14,16,17). The quantitative estimate of drug-likeness (QED) is 0.663. The van der Waals surface area contributed by atoms with Crippen LogP contribution in [0.1, 0.15) is 5.01 Å². The van der Waals surface area contributed by atoms with Crippen LogP contribution < -0.4 is 11.2 Å². The summed E-state index contributed by atoms with van der Waals surface area (Å²) in [5.41, 5.74) is 0.307. The van der Waals surface area contributed by atoms with Crippen LogP contribution in [-0.4, -0.2) is 24.5 Å². The van der Waals surface area contributed by atoms with E-state index < -0.39 is 11.2 Å². The number of thiazole rings is 1. The van der Waals surface area contributed by atoms with E-state index in [-0.39, 0.29) is 5.52 Å². The number of rotatable bonds is 1. The van der Waals surface area contributed by atoms with Crippen LogP contribution in [-0.2, 0) is 7.05 Å². The first-order valence-electron chi connectivity index (χ1n) is 5.18. The summed E-state index contributed by atoms with van der Waals surface area (Å²) in [6.07, 6.45) is 0. The first-order chi connectivity index (χ1) is 8.56. The van der Waals surface area contributed by atoms with Crippen molar-refractivity contribution in [3.8, 4) is 11.5 Å². The van der Waals surface area contributed by atoms with Gasteiger partial charge in [0.05, 0.1) is 5.01 Å². The van der Waals surface area contributed by atoms with Crippen LogP contribution in [0.5, 0.6) is 0 Å². The van der Waals surface area contributed by atoms with E-state index in [4.69, 9.17) is 0 Å². The number of hydrogen-bond acceptors (Lipinski definition) is 5. The fraction of sp³-hybridized carbons (Fsp3) is 0.200. The van der Waals surface area contributed by atoms with Crippen molar-refractivity contribution in [1.29, 1.82) is 0 Å². The molecule has 3 rings (SSSR count). The topological polar surface area (TPSA) is 96.4 Å². The molecular weight excluding hydrogens is 254 g/mol. The van der Waals surface area contributed by atoms with Gasteiger partial charge in [-0.1, -0.05) is 0 Å². The third kappa shape index (κ3) is 1.50. The van der Waals surface area contributed by atoms with E-state index in [0.29, 0.717) is 17.2 Å². The molecule has 0 aromatic carbocycles. The number of H-pyrrole nitrogens is 2. The second-order valence-corrected chi connectivity index (χ2v) is 4.92. The second kappa shape index (κ2) is 3.64. The van der Waals surface area contributed by atoms with Crippen LogP contribution in [0.4, 0.5) is 0 Å². The lowest BCUT2D eigenvalue weighted by Crippen LogP contribution is -2.28. The highest BCUT2D eigenvalue weighted by Gasteiger charge is 2.13. The normalized spacial score (nSPS) is 11.2. The van der Waals surface area contributed by atoms with E-state index in [1.54, 1.807) is 7.05 Å². The van der Waals surface area contributed by atoms with Gasteiger partial charge in [-0.2, -0.15) is 0 Å². The van der Waals surface area contributed by atoms with Gasteiger partial charge in [-0.15, -0.1) is 11.3 Å². The number of aromatic amines is 2. The molecule has 3 aromatic heterocycles. The molecule has 0 aliphatic carbocycles. The third-order valence-electron chi connectivity index (χ3n) is 2.62. The number of fused-ring (bicyclic) bond motifs is 1. The SMILES string of the molecule is Cc1nc(-c2nc3c([nH]2)c(=O)[nH]c(=O)n3C)cs1. The van der Waals surface area contributed by atoms with Gasteiger partial charge in [0.2, 0.25) is 0 Å². The summed E-state index contributed by atoms with van der Waals surface area (Å²) in [5.74, 6) is 0.487. The van der Waals surface area contributed by atoms with Crippen molar-refractivity contribution in [2.24, 2.45) is 7.05 Å². The molecule has 0 unspecified atom stereocenters. The molecule has 0 amide bonds. The van der Waals surface area contributed by atoms with Crippen LogP contribution in [0.3, 0.4) is 0 Å². The van der Waals surface area contributed by atoms with Gasteiger partial charge in [0, 0.05) is 12.4 Å². The molecule has 0 aliphatic rings. The minimum Gasteiger partial charge on any atom is -0.331 e. The van der Waals surface area contributed by atoms with Crippen LogP contribution in [0.25, 0.3) is 22.7 Å². The monoisotopic (exact) mass is 263 g/mol. The van der Waals surface area contributed by atoms with Crippen molar-refractivity contribution in [1.82, 2.24) is 24.5 Å². The second-order valence-electron chi connectivity index (χ2n) is 3.85. The van der Waals surface area contributed by atoms with E-state index in [2.05, 4.69) is 19.9 Å². The summed E-state index contributed by atoms with van der Waals surface area (Å²) in [6.45, 7) is 1.89. The summed E-state index contributed by atoms with van der Waals surface area (Å²) in [4.78, 5) is 36.7. The van der Waals surface area contributed by atoms with Crippen molar-refractivity contribution in [2.45, 2.75) is 6.92 Å². The van der Waals surface area contributed by atoms with Gasteiger partial charge in [-0.3, -0.25) is 14.3 Å². The van der Waals surface area contributed by atoms with Gasteiger partial charge >= 0.3 is 5.69 Å². The largest absolute Gasteiger partial charge is 0.331 e. The summed E-state index contributed by atoms with van der Waals surface area (Å²) < 4.78 is 1.29. The minimum absolute atomic E-state index is 0.276. The van der Waals surface area contributed by atoms with Gasteiger partial charge in [-0.05, 0) is 6.92 Å². The molecule has 0 aliphatic heterocycles. The number of aromatic nitrogens is 5. The van der Waals surface area contributed by atoms with Crippen LogP contribution in [0, 0.1) is 6.92 Å². The van der Waals surface area contributed by atoms with Crippen molar-refractivity contribution in [3.63, 3.8) is 0 Å². The zero-order valence-corrected chi connectivity index (χ0v) is 10.5. The lowest BCUT2D eigenvalue weighted by atomic mass is 10.5. The van der Waals surface area contributed by atoms with E-state index in [1.165, 1.54) is 15.9 Å². The summed E-state index contributed by atoms with van der Waals surface area (Å²) >= 11 is 1.50. The Bertz CT molecular complexity index is 853. The van der Waals surface area contributed by atoms with Crippen LogP contribution in [0.2, 0.25) is 0 Å². The summed E-state index contributed by atoms with van der Waals surface area (Å²) in [7, 11) is 1.55. The summed E-state index contributed by atoms with van der Waals surface area (Å²) in [6, 6.07) is 0. The van der Waals surface area contributed by atoms with Crippen molar-refractivity contribution < 1.29 is 0 Å². The molecule has 7 nitrogen and oxygen atoms in total. The lowest BCUT2D eigenvalue weighted by Gasteiger charge is -1.94. The molecule has 0 fully saturated rings. The van der Waals surface area contributed by atoms with Crippen molar-refractivity contribution in [3.05, 3.63) is 31.2 Å². The first-order valence-corrected chi connectivity index (χ1v) is 6.06. The van der Waals surface area contributed by atoms with Crippen molar-refractivity contribution in [2.75, 3.05) is 0 Å². The average molecular weight is 263 g/mol. The highest BCUT2D eigenvalue weighted by molar-refractivity contribution is 7.09. The minimum atomic E-state index is -0.486. The molecule has 0 spiro atoms. The van der Waals surface area contributed by atoms with Gasteiger partial charge in [0.1, 0.15) is 11.2 Å². The number of nitrogens with zero attached hydrogens (tertiary/aromatic N) is 3. The zero-order chi connectivity index (χ0) is 12.9. The number of nitrogens with one attached hydrogen (secondary N) is 2. The van der Waals surface area contributed by atoms with Gasteiger partial charge in [-0.25, -0.2) is 14.8 Å². The Morgan fingerprint density at radius 1 is 1.28 bits per heavy atom. The fourth-order valence-electron chi connectivity index (χ4n) is 1.70. The van der Waals surface area contributed by atoms with E-state index in [0.717, 1.165) is 5.01 Å². The molecule has 18 heavy (non-hydrogen) atoms.